The first kappa shape index (κ1) is 17.5. The van der Waals surface area contributed by atoms with Crippen molar-refractivity contribution in [3.63, 3.8) is 0 Å². The summed E-state index contributed by atoms with van der Waals surface area (Å²) < 4.78 is 0. The van der Waals surface area contributed by atoms with Crippen LogP contribution in [-0.2, 0) is 4.79 Å². The molecule has 0 radical (unpaired) electrons. The third-order valence-electron chi connectivity index (χ3n) is 5.93. The number of ketones is 2. The van der Waals surface area contributed by atoms with Crippen molar-refractivity contribution < 1.29 is 19.6 Å². The lowest BCUT2D eigenvalue weighted by Gasteiger charge is -2.33. The lowest BCUT2D eigenvalue weighted by atomic mass is 9.71. The summed E-state index contributed by atoms with van der Waals surface area (Å²) in [6.45, 7) is 0. The van der Waals surface area contributed by atoms with Crippen molar-refractivity contribution in [1.29, 1.82) is 0 Å². The smallest absolute Gasteiger partial charge is 0.269 e. The number of phenols is 1. The number of aromatic hydroxyl groups is 1. The first-order valence-electron chi connectivity index (χ1n) is 9.43. The van der Waals surface area contributed by atoms with E-state index in [9.17, 15) is 24.8 Å². The van der Waals surface area contributed by atoms with Crippen LogP contribution in [0.4, 0.5) is 5.69 Å². The zero-order valence-corrected chi connectivity index (χ0v) is 15.3. The van der Waals surface area contributed by atoms with Gasteiger partial charge in [-0.05, 0) is 18.9 Å². The number of rotatable bonds is 2. The molecule has 1 heterocycles. The summed E-state index contributed by atoms with van der Waals surface area (Å²) in [6.07, 6.45) is 1.60. The Morgan fingerprint density at radius 1 is 1.03 bits per heavy atom. The lowest BCUT2D eigenvalue weighted by Crippen LogP contribution is -2.33. The summed E-state index contributed by atoms with van der Waals surface area (Å²) in [6, 6.07) is 10.9. The van der Waals surface area contributed by atoms with Crippen molar-refractivity contribution in [2.45, 2.75) is 25.2 Å². The number of nitro groups is 1. The van der Waals surface area contributed by atoms with Gasteiger partial charge < -0.3 is 5.11 Å². The number of Topliss-reactive ketones (excluding diaryl/α,β-unsaturated/α-hetero) is 2. The van der Waals surface area contributed by atoms with Crippen LogP contribution in [0.25, 0.3) is 0 Å². The molecule has 0 aromatic heterocycles. The normalized spacial score (nSPS) is 22.7. The van der Waals surface area contributed by atoms with Gasteiger partial charge in [0.25, 0.3) is 5.69 Å². The molecule has 2 atom stereocenters. The van der Waals surface area contributed by atoms with Gasteiger partial charge in [-0.2, -0.15) is 0 Å². The van der Waals surface area contributed by atoms with Crippen LogP contribution in [0.1, 0.15) is 46.7 Å². The first-order chi connectivity index (χ1) is 14.0. The number of allylic oxidation sites excluding steroid dienone is 2. The molecular formula is C22H16N2O5. The number of hydrogen-bond donors (Lipinski definition) is 1. The average molecular weight is 388 g/mol. The van der Waals surface area contributed by atoms with E-state index in [1.165, 1.54) is 18.2 Å². The Hall–Kier alpha value is -3.61. The van der Waals surface area contributed by atoms with Crippen LogP contribution >= 0.6 is 0 Å². The van der Waals surface area contributed by atoms with E-state index in [0.717, 1.165) is 5.56 Å². The van der Waals surface area contributed by atoms with Gasteiger partial charge in [0.05, 0.1) is 16.6 Å². The zero-order valence-electron chi connectivity index (χ0n) is 15.3. The van der Waals surface area contributed by atoms with Crippen molar-refractivity contribution in [1.82, 2.24) is 0 Å². The van der Waals surface area contributed by atoms with Crippen molar-refractivity contribution in [2.24, 2.45) is 10.9 Å². The molecule has 2 aliphatic carbocycles. The molecule has 2 aromatic carbocycles. The molecule has 0 bridgehead atoms. The topological polar surface area (TPSA) is 110 Å². The standard InChI is InChI=1S/C22H16N2O5/c25-16-9-8-11(24(28)29)10-14(16)18-19-15(6-3-7-17(19)26)23-21-12-4-1-2-5-13(12)22(27)20(18)21/h1-2,4-5,8-10,18,20,25H,3,6-7H2/t18-,20-/m1/s1. The Labute approximate surface area is 165 Å². The summed E-state index contributed by atoms with van der Waals surface area (Å²) in [4.78, 5) is 41.6. The molecule has 0 saturated heterocycles. The number of fused-ring (bicyclic) bond motifs is 3. The fourth-order valence-electron chi connectivity index (χ4n) is 4.69. The Morgan fingerprint density at radius 3 is 2.55 bits per heavy atom. The Balaban J connectivity index is 1.79. The fourth-order valence-corrected chi connectivity index (χ4v) is 4.69. The van der Waals surface area contributed by atoms with E-state index in [1.807, 2.05) is 12.1 Å². The second-order valence-corrected chi connectivity index (χ2v) is 7.50. The van der Waals surface area contributed by atoms with Crippen LogP contribution < -0.4 is 0 Å². The van der Waals surface area contributed by atoms with Gasteiger partial charge >= 0.3 is 0 Å². The number of non-ortho nitro benzene ring substituents is 1. The highest BCUT2D eigenvalue weighted by atomic mass is 16.6. The van der Waals surface area contributed by atoms with Gasteiger partial charge in [0.1, 0.15) is 5.75 Å². The molecule has 1 N–H and O–H groups in total. The number of carbonyl (C=O) groups excluding carboxylic acids is 2. The second-order valence-electron chi connectivity index (χ2n) is 7.50. The van der Waals surface area contributed by atoms with E-state index in [2.05, 4.69) is 0 Å². The van der Waals surface area contributed by atoms with Gasteiger partial charge in [-0.1, -0.05) is 24.3 Å². The molecule has 0 unspecified atom stereocenters. The van der Waals surface area contributed by atoms with Gasteiger partial charge in [0.2, 0.25) is 0 Å². The molecule has 0 amide bonds. The SMILES string of the molecule is O=C1CCCC2=C1[C@@H](c1cc([N+](=O)[O-])ccc1O)[C@H]1C(=O)c3ccccc3C1=N2. The van der Waals surface area contributed by atoms with Gasteiger partial charge in [0.15, 0.2) is 11.6 Å². The maximum atomic E-state index is 13.3. The van der Waals surface area contributed by atoms with Crippen molar-refractivity contribution in [3.05, 3.63) is 80.5 Å². The van der Waals surface area contributed by atoms with Gasteiger partial charge in [0, 0.05) is 52.4 Å². The molecule has 0 fully saturated rings. The van der Waals surface area contributed by atoms with E-state index in [0.29, 0.717) is 41.8 Å². The van der Waals surface area contributed by atoms with Crippen LogP contribution in [0.2, 0.25) is 0 Å². The van der Waals surface area contributed by atoms with Crippen LogP contribution in [-0.4, -0.2) is 27.3 Å². The highest BCUT2D eigenvalue weighted by molar-refractivity contribution is 6.30. The number of aliphatic imine (C=N–C) groups is 1. The maximum Gasteiger partial charge on any atom is 0.269 e. The van der Waals surface area contributed by atoms with Crippen molar-refractivity contribution in [2.75, 3.05) is 0 Å². The zero-order chi connectivity index (χ0) is 20.3. The van der Waals surface area contributed by atoms with E-state index in [4.69, 9.17) is 4.99 Å². The number of hydrogen-bond acceptors (Lipinski definition) is 6. The number of nitrogens with zero attached hydrogens (tertiary/aromatic N) is 2. The second kappa shape index (κ2) is 6.20. The minimum absolute atomic E-state index is 0.117. The molecule has 29 heavy (non-hydrogen) atoms. The summed E-state index contributed by atoms with van der Waals surface area (Å²) in [5, 5.41) is 21.9. The van der Waals surface area contributed by atoms with Gasteiger partial charge in [-0.15, -0.1) is 0 Å². The van der Waals surface area contributed by atoms with Gasteiger partial charge in [-0.3, -0.25) is 24.7 Å². The van der Waals surface area contributed by atoms with E-state index in [-0.39, 0.29) is 28.6 Å². The molecule has 7 heteroatoms. The predicted octanol–water partition coefficient (Wildman–Crippen LogP) is 3.71. The first-order valence-corrected chi connectivity index (χ1v) is 9.43. The number of phenolic OH excluding ortho intramolecular Hbond substituents is 1. The van der Waals surface area contributed by atoms with Crippen LogP contribution in [0.3, 0.4) is 0 Å². The molecule has 5 rings (SSSR count). The lowest BCUT2D eigenvalue weighted by molar-refractivity contribution is -0.385. The van der Waals surface area contributed by atoms with Crippen LogP contribution in [0.5, 0.6) is 5.75 Å². The summed E-state index contributed by atoms with van der Waals surface area (Å²) in [7, 11) is 0. The fraction of sp³-hybridized carbons (Fsp3) is 0.227. The third kappa shape index (κ3) is 2.47. The monoisotopic (exact) mass is 388 g/mol. The van der Waals surface area contributed by atoms with Crippen LogP contribution in [0.15, 0.2) is 58.7 Å². The molecule has 7 nitrogen and oxygen atoms in total. The maximum absolute atomic E-state index is 13.3. The van der Waals surface area contributed by atoms with E-state index >= 15 is 0 Å². The molecule has 144 valence electrons. The Kier molecular flexibility index (Phi) is 3.74. The molecule has 1 aliphatic heterocycles. The highest BCUT2D eigenvalue weighted by Crippen LogP contribution is 2.50. The number of benzene rings is 2. The summed E-state index contributed by atoms with van der Waals surface area (Å²) in [5.74, 6) is -2.03. The molecule has 3 aliphatic rings. The molecule has 0 saturated carbocycles. The summed E-state index contributed by atoms with van der Waals surface area (Å²) >= 11 is 0. The number of carbonyl (C=O) groups is 2. The minimum atomic E-state index is -0.787. The molecule has 2 aromatic rings. The minimum Gasteiger partial charge on any atom is -0.508 e. The molecular weight excluding hydrogens is 372 g/mol. The van der Waals surface area contributed by atoms with Gasteiger partial charge in [-0.25, -0.2) is 0 Å². The number of nitro benzene ring substituents is 1. The third-order valence-corrected chi connectivity index (χ3v) is 5.93. The van der Waals surface area contributed by atoms with Crippen molar-refractivity contribution in [3.8, 4) is 5.75 Å². The van der Waals surface area contributed by atoms with Crippen molar-refractivity contribution >= 4 is 23.0 Å². The summed E-state index contributed by atoms with van der Waals surface area (Å²) in [5.41, 5.74) is 2.88. The molecule has 0 spiro atoms. The average Bonchev–Trinajstić information content (AvgIpc) is 2.99. The Bertz CT molecular complexity index is 1180. The predicted molar refractivity (Wildman–Crippen MR) is 104 cm³/mol. The van der Waals surface area contributed by atoms with E-state index < -0.39 is 16.8 Å². The Morgan fingerprint density at radius 2 is 1.79 bits per heavy atom. The quantitative estimate of drug-likeness (QED) is 0.623. The largest absolute Gasteiger partial charge is 0.508 e. The van der Waals surface area contributed by atoms with E-state index in [1.54, 1.807) is 12.1 Å². The van der Waals surface area contributed by atoms with Crippen LogP contribution in [0, 0.1) is 16.0 Å². The highest BCUT2D eigenvalue weighted by Gasteiger charge is 2.49.